The highest BCUT2D eigenvalue weighted by Gasteiger charge is 2.52. The van der Waals surface area contributed by atoms with Gasteiger partial charge in [0.15, 0.2) is 17.3 Å². The van der Waals surface area contributed by atoms with E-state index in [1.54, 1.807) is 0 Å². The quantitative estimate of drug-likeness (QED) is 0.0319. The number of aliphatic hydroxyl groups excluding tert-OH is 2. The smallest absolute Gasteiger partial charge is 0.210 e. The highest BCUT2D eigenvalue weighted by Crippen LogP contribution is 2.25. The summed E-state index contributed by atoms with van der Waals surface area (Å²) in [5, 5.41) is 33.8. The van der Waals surface area contributed by atoms with Crippen molar-refractivity contribution in [2.24, 2.45) is 0 Å². The van der Waals surface area contributed by atoms with Crippen molar-refractivity contribution in [2.75, 3.05) is 0 Å². The van der Waals surface area contributed by atoms with Gasteiger partial charge in [0.2, 0.25) is 5.60 Å². The number of hydrogen-bond acceptors (Lipinski definition) is 6. The highest BCUT2D eigenvalue weighted by atomic mass is 16.4. The SMILES string of the molecule is CCCCC/C=C\C/C=C\CCCCCCCC(=O)C(O)(C(=O)CCCCCCC/C=C\C/C=C\CCCCC)C(O)C(O)C(=O)CCCCCCC/C=C\CCCCCC. The summed E-state index contributed by atoms with van der Waals surface area (Å²) >= 11 is 0. The zero-order valence-electron chi connectivity index (χ0n) is 40.0. The maximum atomic E-state index is 13.6. The number of carbonyl (C=O) groups is 3. The normalized spacial score (nSPS) is 13.5. The summed E-state index contributed by atoms with van der Waals surface area (Å²) in [4.78, 5) is 40.2. The van der Waals surface area contributed by atoms with Crippen LogP contribution in [0, 0.1) is 0 Å². The molecule has 0 fully saturated rings. The molecule has 6 heteroatoms. The van der Waals surface area contributed by atoms with E-state index in [-0.39, 0.29) is 19.3 Å². The largest absolute Gasteiger partial charge is 0.386 e. The van der Waals surface area contributed by atoms with Crippen LogP contribution in [0.4, 0.5) is 0 Å². The third-order valence-corrected chi connectivity index (χ3v) is 11.8. The summed E-state index contributed by atoms with van der Waals surface area (Å²) < 4.78 is 0. The first-order valence-electron chi connectivity index (χ1n) is 25.7. The lowest BCUT2D eigenvalue weighted by molar-refractivity contribution is -0.174. The number of allylic oxidation sites excluding steroid dienone is 10. The van der Waals surface area contributed by atoms with Crippen molar-refractivity contribution >= 4 is 17.3 Å². The average Bonchev–Trinajstić information content (AvgIpc) is 3.26. The predicted molar refractivity (Wildman–Crippen MR) is 261 cm³/mol. The van der Waals surface area contributed by atoms with E-state index in [0.29, 0.717) is 19.3 Å². The van der Waals surface area contributed by atoms with E-state index in [2.05, 4.69) is 81.5 Å². The first-order valence-corrected chi connectivity index (χ1v) is 25.7. The minimum Gasteiger partial charge on any atom is -0.386 e. The van der Waals surface area contributed by atoms with Crippen molar-refractivity contribution in [1.82, 2.24) is 0 Å². The van der Waals surface area contributed by atoms with Gasteiger partial charge in [0, 0.05) is 19.3 Å². The van der Waals surface area contributed by atoms with Crippen molar-refractivity contribution in [2.45, 2.75) is 270 Å². The standard InChI is InChI=1S/C55H96O6/c1-4-7-10-13-16-19-22-25-27-30-33-36-39-42-45-48-51(57)55(61,52(58)49-46-43-40-37-34-31-28-26-23-20-17-14-11-8-5-2)54(60)53(59)50(56)47-44-41-38-35-32-29-24-21-18-15-12-9-6-3/h16-17,19-21,24-28,53-54,59-61H,4-15,18,22-23,29-49H2,1-3H3/b19-16-,20-17-,24-21-,27-25-,28-26-. The Balaban J connectivity index is 4.90. The summed E-state index contributed by atoms with van der Waals surface area (Å²) in [6.45, 7) is 6.67. The number of rotatable bonds is 46. The molecule has 6 nitrogen and oxygen atoms in total. The van der Waals surface area contributed by atoms with Crippen LogP contribution in [0.1, 0.15) is 252 Å². The number of aliphatic hydroxyl groups is 3. The molecule has 3 N–H and O–H groups in total. The summed E-state index contributed by atoms with van der Waals surface area (Å²) in [6, 6.07) is 0. The minimum absolute atomic E-state index is 0.0320. The first-order chi connectivity index (χ1) is 29.8. The molecule has 0 spiro atoms. The zero-order valence-corrected chi connectivity index (χ0v) is 40.0. The molecular formula is C55H96O6. The molecule has 2 unspecified atom stereocenters. The summed E-state index contributed by atoms with van der Waals surface area (Å²) in [6.07, 6.45) is 52.3. The van der Waals surface area contributed by atoms with E-state index >= 15 is 0 Å². The third-order valence-electron chi connectivity index (χ3n) is 11.8. The molecule has 0 aliphatic heterocycles. The van der Waals surface area contributed by atoms with Gasteiger partial charge < -0.3 is 15.3 Å². The fourth-order valence-corrected chi connectivity index (χ4v) is 7.63. The Morgan fingerprint density at radius 1 is 0.377 bits per heavy atom. The van der Waals surface area contributed by atoms with Crippen LogP contribution in [0.25, 0.3) is 0 Å². The van der Waals surface area contributed by atoms with E-state index in [1.165, 1.54) is 64.2 Å². The van der Waals surface area contributed by atoms with E-state index in [1.807, 2.05) is 0 Å². The maximum absolute atomic E-state index is 13.6. The average molecular weight is 853 g/mol. The number of unbranched alkanes of at least 4 members (excludes halogenated alkanes) is 25. The van der Waals surface area contributed by atoms with Gasteiger partial charge in [-0.15, -0.1) is 0 Å². The Kier molecular flexibility index (Phi) is 42.5. The number of ketones is 3. The van der Waals surface area contributed by atoms with Crippen molar-refractivity contribution in [3.05, 3.63) is 60.8 Å². The van der Waals surface area contributed by atoms with Crippen LogP contribution in [0.5, 0.6) is 0 Å². The van der Waals surface area contributed by atoms with Crippen LogP contribution in [0.3, 0.4) is 0 Å². The molecule has 0 aliphatic rings. The van der Waals surface area contributed by atoms with Gasteiger partial charge in [-0.3, -0.25) is 14.4 Å². The second-order valence-corrected chi connectivity index (χ2v) is 17.6. The molecule has 0 amide bonds. The highest BCUT2D eigenvalue weighted by molar-refractivity contribution is 6.11. The van der Waals surface area contributed by atoms with Crippen molar-refractivity contribution < 1.29 is 29.7 Å². The molecule has 0 aliphatic carbocycles. The second-order valence-electron chi connectivity index (χ2n) is 17.6. The van der Waals surface area contributed by atoms with Gasteiger partial charge >= 0.3 is 0 Å². The Morgan fingerprint density at radius 3 is 1.00 bits per heavy atom. The van der Waals surface area contributed by atoms with Crippen LogP contribution in [-0.4, -0.2) is 50.5 Å². The van der Waals surface area contributed by atoms with Crippen LogP contribution in [-0.2, 0) is 14.4 Å². The van der Waals surface area contributed by atoms with Crippen LogP contribution < -0.4 is 0 Å². The lowest BCUT2D eigenvalue weighted by Gasteiger charge is -2.32. The summed E-state index contributed by atoms with van der Waals surface area (Å²) in [5.74, 6) is -2.22. The topological polar surface area (TPSA) is 112 Å². The molecule has 0 aromatic rings. The zero-order chi connectivity index (χ0) is 44.9. The van der Waals surface area contributed by atoms with Gasteiger partial charge in [0.05, 0.1) is 0 Å². The fourth-order valence-electron chi connectivity index (χ4n) is 7.63. The van der Waals surface area contributed by atoms with E-state index in [0.717, 1.165) is 128 Å². The molecule has 0 rings (SSSR count). The molecular weight excluding hydrogens is 757 g/mol. The van der Waals surface area contributed by atoms with Crippen molar-refractivity contribution in [1.29, 1.82) is 0 Å². The molecule has 0 aromatic carbocycles. The van der Waals surface area contributed by atoms with Crippen LogP contribution in [0.2, 0.25) is 0 Å². The number of Topliss-reactive ketones (excluding diaryl/α,β-unsaturated/α-hetero) is 3. The molecule has 0 saturated heterocycles. The van der Waals surface area contributed by atoms with Crippen molar-refractivity contribution in [3.63, 3.8) is 0 Å². The molecule has 2 atom stereocenters. The molecule has 0 aromatic heterocycles. The summed E-state index contributed by atoms with van der Waals surface area (Å²) in [5.41, 5.74) is -2.79. The Morgan fingerprint density at radius 2 is 0.639 bits per heavy atom. The molecule has 0 bridgehead atoms. The maximum Gasteiger partial charge on any atom is 0.210 e. The van der Waals surface area contributed by atoms with Gasteiger partial charge in [-0.25, -0.2) is 0 Å². The molecule has 0 heterocycles. The molecule has 352 valence electrons. The lowest BCUT2D eigenvalue weighted by atomic mass is 9.79. The monoisotopic (exact) mass is 853 g/mol. The van der Waals surface area contributed by atoms with E-state index < -0.39 is 35.2 Å². The first kappa shape index (κ1) is 58.6. The predicted octanol–water partition coefficient (Wildman–Crippen LogP) is 15.0. The van der Waals surface area contributed by atoms with Gasteiger partial charge in [-0.1, -0.05) is 184 Å². The number of carbonyl (C=O) groups excluding carboxylic acids is 3. The van der Waals surface area contributed by atoms with Crippen LogP contribution in [0.15, 0.2) is 60.8 Å². The Bertz CT molecular complexity index is 1120. The molecule has 61 heavy (non-hydrogen) atoms. The minimum atomic E-state index is -2.79. The lowest BCUT2D eigenvalue weighted by Crippen LogP contribution is -2.61. The van der Waals surface area contributed by atoms with Gasteiger partial charge in [-0.05, 0) is 109 Å². The molecule has 0 radical (unpaired) electrons. The van der Waals surface area contributed by atoms with Gasteiger partial charge in [-0.2, -0.15) is 0 Å². The fraction of sp³-hybridized carbons (Fsp3) is 0.764. The second kappa shape index (κ2) is 44.2. The third kappa shape index (κ3) is 33.8. The van der Waals surface area contributed by atoms with Gasteiger partial charge in [0.1, 0.15) is 12.2 Å². The van der Waals surface area contributed by atoms with Crippen LogP contribution >= 0.6 is 0 Å². The van der Waals surface area contributed by atoms with E-state index in [9.17, 15) is 29.7 Å². The molecule has 0 saturated carbocycles. The number of hydrogen-bond donors (Lipinski definition) is 3. The Labute approximate surface area is 376 Å². The summed E-state index contributed by atoms with van der Waals surface area (Å²) in [7, 11) is 0. The van der Waals surface area contributed by atoms with Crippen molar-refractivity contribution in [3.8, 4) is 0 Å². The Hall–Kier alpha value is -2.41. The van der Waals surface area contributed by atoms with E-state index in [4.69, 9.17) is 0 Å². The van der Waals surface area contributed by atoms with Gasteiger partial charge in [0.25, 0.3) is 0 Å².